The second-order valence-electron chi connectivity index (χ2n) is 9.97. The van der Waals surface area contributed by atoms with Crippen molar-refractivity contribution in [3.8, 4) is 5.75 Å². The van der Waals surface area contributed by atoms with Crippen LogP contribution in [0.25, 0.3) is 0 Å². The van der Waals surface area contributed by atoms with E-state index in [2.05, 4.69) is 5.32 Å². The van der Waals surface area contributed by atoms with Crippen LogP contribution in [0.3, 0.4) is 0 Å². The largest absolute Gasteiger partial charge is 0.488 e. The van der Waals surface area contributed by atoms with Gasteiger partial charge in [-0.3, -0.25) is 9.59 Å². The minimum absolute atomic E-state index is 0.0523. The number of likely N-dealkylation sites (N-methyl/N-ethyl adjacent to an activating group) is 1. The van der Waals surface area contributed by atoms with Crippen LogP contribution in [-0.2, 0) is 26.0 Å². The molecule has 0 saturated heterocycles. The number of hydrogen-bond acceptors (Lipinski definition) is 6. The third-order valence-electron chi connectivity index (χ3n) is 6.72. The number of hydrogen-bond donors (Lipinski definition) is 2. The molecule has 2 aromatic rings. The van der Waals surface area contributed by atoms with Crippen LogP contribution in [0.15, 0.2) is 53.4 Å². The molecule has 2 amide bonds. The van der Waals surface area contributed by atoms with Crippen molar-refractivity contribution >= 4 is 27.5 Å². The number of fused-ring (bicyclic) bond motifs is 1. The fraction of sp³-hybridized carbons (Fsp3) is 0.481. The summed E-state index contributed by atoms with van der Waals surface area (Å²) in [7, 11) is -2.41. The van der Waals surface area contributed by atoms with E-state index >= 15 is 0 Å². The number of aliphatic hydroxyl groups excluding tert-OH is 1. The normalized spacial score (nSPS) is 19.2. The Morgan fingerprint density at radius 3 is 2.52 bits per heavy atom. The third kappa shape index (κ3) is 8.18. The number of carbonyl (C=O) groups is 2. The molecule has 0 spiro atoms. The summed E-state index contributed by atoms with van der Waals surface area (Å²) in [6.07, 6.45) is -7.36. The Hall–Kier alpha value is -3.16. The number of aliphatic hydroxyl groups is 1. The molecule has 0 fully saturated rings. The van der Waals surface area contributed by atoms with Crippen molar-refractivity contribution < 1.29 is 41.0 Å². The van der Waals surface area contributed by atoms with E-state index in [4.69, 9.17) is 4.74 Å². The van der Waals surface area contributed by atoms with E-state index < -0.39 is 47.1 Å². The van der Waals surface area contributed by atoms with Gasteiger partial charge in [0.25, 0.3) is 0 Å². The maximum atomic E-state index is 13.3. The van der Waals surface area contributed by atoms with Crippen LogP contribution in [0, 0.1) is 5.92 Å². The molecule has 1 aliphatic heterocycles. The quantitative estimate of drug-likeness (QED) is 0.466. The van der Waals surface area contributed by atoms with Gasteiger partial charge in [-0.15, -0.1) is 0 Å². The van der Waals surface area contributed by atoms with E-state index in [-0.39, 0.29) is 54.3 Å². The van der Waals surface area contributed by atoms with Gasteiger partial charge in [0.05, 0.1) is 36.9 Å². The second kappa shape index (κ2) is 13.0. The number of nitrogens with zero attached hydrogens (tertiary/aromatic N) is 2. The van der Waals surface area contributed by atoms with E-state index in [9.17, 15) is 36.3 Å². The molecule has 2 aromatic carbocycles. The molecule has 3 atom stereocenters. The Bertz CT molecular complexity index is 1290. The lowest BCUT2D eigenvalue weighted by molar-refractivity contribution is -0.142. The molecule has 0 bridgehead atoms. The number of ether oxygens (including phenoxy) is 1. The van der Waals surface area contributed by atoms with E-state index in [1.807, 2.05) is 6.92 Å². The Balaban J connectivity index is 1.92. The summed E-state index contributed by atoms with van der Waals surface area (Å²) < 4.78 is 71.3. The Morgan fingerprint density at radius 1 is 1.23 bits per heavy atom. The van der Waals surface area contributed by atoms with Crippen LogP contribution >= 0.6 is 0 Å². The molecule has 0 aliphatic carbocycles. The highest BCUT2D eigenvalue weighted by atomic mass is 32.2. The first-order valence-corrected chi connectivity index (χ1v) is 14.2. The fourth-order valence-electron chi connectivity index (χ4n) is 4.33. The molecule has 0 aromatic heterocycles. The Labute approximate surface area is 232 Å². The number of carbonyl (C=O) groups excluding carboxylic acids is 2. The highest BCUT2D eigenvalue weighted by Crippen LogP contribution is 2.30. The second-order valence-corrected chi connectivity index (χ2v) is 12.0. The molecule has 220 valence electrons. The van der Waals surface area contributed by atoms with Crippen LogP contribution in [0.2, 0.25) is 0 Å². The highest BCUT2D eigenvalue weighted by Gasteiger charge is 2.33. The topological polar surface area (TPSA) is 116 Å². The lowest BCUT2D eigenvalue weighted by Crippen LogP contribution is -2.48. The fourth-order valence-corrected chi connectivity index (χ4v) is 5.53. The van der Waals surface area contributed by atoms with Crippen molar-refractivity contribution in [1.82, 2.24) is 9.21 Å². The van der Waals surface area contributed by atoms with Crippen molar-refractivity contribution in [2.24, 2.45) is 5.92 Å². The van der Waals surface area contributed by atoms with E-state index in [0.29, 0.717) is 5.56 Å². The standard InChI is InChI=1S/C27H34F3N3O6S/c1-18-15-33(19(2)17-34)26(36)14-20-13-21(31-25(35)11-12-27(28,29)30)9-10-23(20)39-24(18)16-32(3)40(37,38)22-7-5-4-6-8-22/h4-10,13,18-19,24,34H,11-12,14-17H2,1-3H3,(H,31,35)/t18-,19-,24+/m0/s1. The van der Waals surface area contributed by atoms with Crippen molar-refractivity contribution in [1.29, 1.82) is 0 Å². The lowest BCUT2D eigenvalue weighted by Gasteiger charge is -2.33. The maximum absolute atomic E-state index is 13.3. The van der Waals surface area contributed by atoms with E-state index in [1.165, 1.54) is 46.6 Å². The number of halogens is 3. The Kier molecular flexibility index (Phi) is 10.2. The van der Waals surface area contributed by atoms with E-state index in [0.717, 1.165) is 0 Å². The maximum Gasteiger partial charge on any atom is 0.389 e. The predicted octanol–water partition coefficient (Wildman–Crippen LogP) is 3.44. The summed E-state index contributed by atoms with van der Waals surface area (Å²) >= 11 is 0. The summed E-state index contributed by atoms with van der Waals surface area (Å²) in [5.41, 5.74) is 0.554. The molecule has 1 heterocycles. The van der Waals surface area contributed by atoms with Gasteiger partial charge >= 0.3 is 6.18 Å². The third-order valence-corrected chi connectivity index (χ3v) is 8.56. The number of amides is 2. The van der Waals surface area contributed by atoms with Gasteiger partial charge < -0.3 is 20.1 Å². The van der Waals surface area contributed by atoms with Gasteiger partial charge in [0.1, 0.15) is 11.9 Å². The summed E-state index contributed by atoms with van der Waals surface area (Å²) in [5.74, 6) is -1.24. The van der Waals surface area contributed by atoms with Gasteiger partial charge in [0.15, 0.2) is 0 Å². The van der Waals surface area contributed by atoms with E-state index in [1.54, 1.807) is 25.1 Å². The van der Waals surface area contributed by atoms with Crippen molar-refractivity contribution in [2.75, 3.05) is 32.1 Å². The molecule has 40 heavy (non-hydrogen) atoms. The first-order chi connectivity index (χ1) is 18.7. The van der Waals surface area contributed by atoms with Crippen LogP contribution in [0.4, 0.5) is 18.9 Å². The molecule has 13 heteroatoms. The van der Waals surface area contributed by atoms with Crippen molar-refractivity contribution in [3.63, 3.8) is 0 Å². The zero-order chi connectivity index (χ0) is 29.7. The molecular weight excluding hydrogens is 551 g/mol. The van der Waals surface area contributed by atoms with Gasteiger partial charge in [-0.25, -0.2) is 8.42 Å². The average molecular weight is 586 g/mol. The molecule has 0 radical (unpaired) electrons. The monoisotopic (exact) mass is 585 g/mol. The number of alkyl halides is 3. The molecule has 1 aliphatic rings. The molecule has 2 N–H and O–H groups in total. The average Bonchev–Trinajstić information content (AvgIpc) is 2.94. The first-order valence-electron chi connectivity index (χ1n) is 12.8. The van der Waals surface area contributed by atoms with Crippen LogP contribution < -0.4 is 10.1 Å². The summed E-state index contributed by atoms with van der Waals surface area (Å²) in [4.78, 5) is 27.0. The number of sulfonamides is 1. The number of benzene rings is 2. The van der Waals surface area contributed by atoms with Crippen molar-refractivity contribution in [3.05, 3.63) is 54.1 Å². The smallest absolute Gasteiger partial charge is 0.389 e. The Morgan fingerprint density at radius 2 is 1.90 bits per heavy atom. The summed E-state index contributed by atoms with van der Waals surface area (Å²) in [6, 6.07) is 11.8. The van der Waals surface area contributed by atoms with Crippen LogP contribution in [-0.4, -0.2) is 79.6 Å². The first kappa shape index (κ1) is 31.4. The van der Waals surface area contributed by atoms with Crippen LogP contribution in [0.5, 0.6) is 5.75 Å². The summed E-state index contributed by atoms with van der Waals surface area (Å²) in [5, 5.41) is 12.2. The predicted molar refractivity (Wildman–Crippen MR) is 142 cm³/mol. The highest BCUT2D eigenvalue weighted by molar-refractivity contribution is 7.89. The van der Waals surface area contributed by atoms with Crippen LogP contribution in [0.1, 0.15) is 32.3 Å². The zero-order valence-electron chi connectivity index (χ0n) is 22.5. The molecular formula is C27H34F3N3O6S. The minimum atomic E-state index is -4.47. The lowest BCUT2D eigenvalue weighted by atomic mass is 10.0. The van der Waals surface area contributed by atoms with Gasteiger partial charge in [0, 0.05) is 37.2 Å². The van der Waals surface area contributed by atoms with Gasteiger partial charge in [-0.1, -0.05) is 25.1 Å². The molecule has 0 saturated carbocycles. The van der Waals surface area contributed by atoms with Gasteiger partial charge in [-0.05, 0) is 37.3 Å². The summed E-state index contributed by atoms with van der Waals surface area (Å²) in [6.45, 7) is 3.33. The zero-order valence-corrected chi connectivity index (χ0v) is 23.3. The number of rotatable bonds is 9. The molecule has 9 nitrogen and oxygen atoms in total. The number of nitrogens with one attached hydrogen (secondary N) is 1. The molecule has 0 unspecified atom stereocenters. The van der Waals surface area contributed by atoms with Crippen molar-refractivity contribution in [2.45, 2.75) is 56.3 Å². The number of anilines is 1. The van der Waals surface area contributed by atoms with Gasteiger partial charge in [0.2, 0.25) is 21.8 Å². The SMILES string of the molecule is C[C@H]1CN([C@@H](C)CO)C(=O)Cc2cc(NC(=O)CCC(F)(F)F)ccc2O[C@@H]1CN(C)S(=O)(=O)c1ccccc1. The minimum Gasteiger partial charge on any atom is -0.488 e. The molecule has 3 rings (SSSR count). The van der Waals surface area contributed by atoms with Gasteiger partial charge in [-0.2, -0.15) is 17.5 Å².